The van der Waals surface area contributed by atoms with E-state index in [4.69, 9.17) is 0 Å². The molecule has 0 bridgehead atoms. The molecule has 0 aliphatic heterocycles. The Labute approximate surface area is 188 Å². The van der Waals surface area contributed by atoms with Crippen molar-refractivity contribution in [1.29, 1.82) is 0 Å². The average molecular weight is 447 g/mol. The van der Waals surface area contributed by atoms with Crippen LogP contribution in [-0.2, 0) is 12.3 Å². The van der Waals surface area contributed by atoms with E-state index in [0.717, 1.165) is 30.5 Å². The summed E-state index contributed by atoms with van der Waals surface area (Å²) in [7, 11) is 0. The van der Waals surface area contributed by atoms with Gasteiger partial charge in [0.1, 0.15) is 0 Å². The largest absolute Gasteiger partial charge is 0.276 e. The molecule has 0 radical (unpaired) electrons. The molecule has 0 N–H and O–H groups in total. The minimum Gasteiger partial charge on any atom is -0.276 e. The molecule has 0 saturated heterocycles. The first-order valence-corrected chi connectivity index (χ1v) is 11.6. The first-order chi connectivity index (χ1) is 15.8. The van der Waals surface area contributed by atoms with Crippen molar-refractivity contribution in [2.24, 2.45) is 0 Å². The van der Waals surface area contributed by atoms with Gasteiger partial charge in [-0.3, -0.25) is 13.8 Å². The Hall–Kier alpha value is -3.53. The maximum Gasteiger partial charge on any atom is 0.262 e. The molecule has 5 aromatic rings. The molecule has 10 heteroatoms. The van der Waals surface area contributed by atoms with Gasteiger partial charge >= 0.3 is 0 Å². The molecule has 0 unspecified atom stereocenters. The van der Waals surface area contributed by atoms with Crippen molar-refractivity contribution in [1.82, 2.24) is 39.4 Å². The van der Waals surface area contributed by atoms with Crippen LogP contribution in [0.25, 0.3) is 22.4 Å². The van der Waals surface area contributed by atoms with E-state index in [9.17, 15) is 4.79 Å². The van der Waals surface area contributed by atoms with Gasteiger partial charge in [0.15, 0.2) is 11.0 Å². The number of hydrogen-bond donors (Lipinski definition) is 0. The summed E-state index contributed by atoms with van der Waals surface area (Å²) < 4.78 is 5.42. The fourth-order valence-electron chi connectivity index (χ4n) is 3.74. The number of benzene rings is 2. The van der Waals surface area contributed by atoms with Gasteiger partial charge in [-0.15, -0.1) is 15.3 Å². The molecule has 0 amide bonds. The lowest BCUT2D eigenvalue weighted by molar-refractivity contribution is 0.594. The van der Waals surface area contributed by atoms with Crippen molar-refractivity contribution in [3.63, 3.8) is 0 Å². The fraction of sp³-hybridized carbons (Fsp3) is 0.273. The van der Waals surface area contributed by atoms with E-state index >= 15 is 0 Å². The molecule has 3 aromatic heterocycles. The number of para-hydroxylation sites is 2. The van der Waals surface area contributed by atoms with Gasteiger partial charge in [0.25, 0.3) is 5.56 Å². The third-order valence-electron chi connectivity index (χ3n) is 5.33. The lowest BCUT2D eigenvalue weighted by atomic mass is 10.2. The van der Waals surface area contributed by atoms with Gasteiger partial charge in [0, 0.05) is 6.54 Å². The highest BCUT2D eigenvalue weighted by atomic mass is 32.2. The van der Waals surface area contributed by atoms with Crippen LogP contribution in [-0.4, -0.2) is 39.4 Å². The molecule has 0 aliphatic carbocycles. The summed E-state index contributed by atoms with van der Waals surface area (Å²) in [6.07, 6.45) is 3.07. The van der Waals surface area contributed by atoms with Crippen molar-refractivity contribution >= 4 is 28.4 Å². The maximum absolute atomic E-state index is 13.1. The summed E-state index contributed by atoms with van der Waals surface area (Å²) in [5.74, 6) is 1.78. The zero-order valence-electron chi connectivity index (χ0n) is 17.6. The molecule has 0 spiro atoms. The molecular weight excluding hydrogens is 424 g/mol. The molecule has 9 nitrogen and oxygen atoms in total. The molecule has 3 heterocycles. The van der Waals surface area contributed by atoms with Crippen LogP contribution >= 0.6 is 11.8 Å². The SMILES string of the molecule is CCCCCn1c(=O)c2ccccc2n2c(SCc3nnnn3-c3ccccc3)nnc12. The van der Waals surface area contributed by atoms with Crippen molar-refractivity contribution in [3.05, 3.63) is 70.8 Å². The molecule has 2 aromatic carbocycles. The molecule has 0 saturated carbocycles. The second-order valence-electron chi connectivity index (χ2n) is 7.43. The van der Waals surface area contributed by atoms with Gasteiger partial charge in [-0.1, -0.05) is 61.9 Å². The molecular formula is C22H22N8OS. The predicted octanol–water partition coefficient (Wildman–Crippen LogP) is 3.50. The normalized spacial score (nSPS) is 11.5. The van der Waals surface area contributed by atoms with Crippen LogP contribution in [0.4, 0.5) is 0 Å². The molecule has 0 atom stereocenters. The van der Waals surface area contributed by atoms with Crippen LogP contribution in [0.5, 0.6) is 0 Å². The Kier molecular flexibility index (Phi) is 5.68. The lowest BCUT2D eigenvalue weighted by Crippen LogP contribution is -2.23. The Balaban J connectivity index is 1.54. The summed E-state index contributed by atoms with van der Waals surface area (Å²) in [5, 5.41) is 22.3. The Morgan fingerprint density at radius 3 is 2.59 bits per heavy atom. The third-order valence-corrected chi connectivity index (χ3v) is 6.25. The van der Waals surface area contributed by atoms with Crippen LogP contribution in [0, 0.1) is 0 Å². The molecule has 0 fully saturated rings. The minimum atomic E-state index is -0.0267. The van der Waals surface area contributed by atoms with Crippen molar-refractivity contribution in [2.75, 3.05) is 0 Å². The maximum atomic E-state index is 13.1. The topological polar surface area (TPSA) is 95.8 Å². The monoisotopic (exact) mass is 446 g/mol. The third kappa shape index (κ3) is 3.66. The van der Waals surface area contributed by atoms with Gasteiger partial charge in [0.2, 0.25) is 5.78 Å². The number of nitrogens with zero attached hydrogens (tertiary/aromatic N) is 8. The van der Waals surface area contributed by atoms with Gasteiger partial charge < -0.3 is 0 Å². The lowest BCUT2D eigenvalue weighted by Gasteiger charge is -2.11. The predicted molar refractivity (Wildman–Crippen MR) is 123 cm³/mol. The Bertz CT molecular complexity index is 1420. The van der Waals surface area contributed by atoms with Crippen molar-refractivity contribution in [2.45, 2.75) is 43.6 Å². The summed E-state index contributed by atoms with van der Waals surface area (Å²) in [6, 6.07) is 17.4. The van der Waals surface area contributed by atoms with Crippen molar-refractivity contribution < 1.29 is 0 Å². The Morgan fingerprint density at radius 2 is 1.75 bits per heavy atom. The van der Waals surface area contributed by atoms with Crippen LogP contribution in [0.3, 0.4) is 0 Å². The summed E-state index contributed by atoms with van der Waals surface area (Å²) in [5.41, 5.74) is 1.67. The standard InChI is InChI=1S/C22H22N8OS/c1-2-3-9-14-28-20(31)17-12-7-8-13-18(17)29-21(28)24-25-22(29)32-15-19-23-26-27-30(19)16-10-5-4-6-11-16/h4-8,10-13H,2-3,9,14-15H2,1H3. The van der Waals surface area contributed by atoms with Crippen LogP contribution in [0.15, 0.2) is 64.5 Å². The second-order valence-corrected chi connectivity index (χ2v) is 8.37. The van der Waals surface area contributed by atoms with Gasteiger partial charge in [-0.25, -0.2) is 0 Å². The van der Waals surface area contributed by atoms with Crippen LogP contribution in [0.2, 0.25) is 0 Å². The zero-order chi connectivity index (χ0) is 21.9. The van der Waals surface area contributed by atoms with Crippen molar-refractivity contribution in [3.8, 4) is 5.69 Å². The fourth-order valence-corrected chi connectivity index (χ4v) is 4.59. The Morgan fingerprint density at radius 1 is 0.938 bits per heavy atom. The highest BCUT2D eigenvalue weighted by Crippen LogP contribution is 2.24. The second kappa shape index (κ2) is 8.91. The molecule has 5 rings (SSSR count). The first kappa shape index (κ1) is 20.4. The molecule has 0 aliphatic rings. The number of tetrazole rings is 1. The van der Waals surface area contributed by atoms with E-state index in [0.29, 0.717) is 34.4 Å². The number of aryl methyl sites for hydroxylation is 1. The van der Waals surface area contributed by atoms with E-state index in [-0.39, 0.29) is 5.56 Å². The first-order valence-electron chi connectivity index (χ1n) is 10.6. The highest BCUT2D eigenvalue weighted by Gasteiger charge is 2.18. The van der Waals surface area contributed by atoms with Gasteiger partial charge in [-0.2, -0.15) is 4.68 Å². The van der Waals surface area contributed by atoms with E-state index in [1.54, 1.807) is 9.25 Å². The van der Waals surface area contributed by atoms with Gasteiger partial charge in [0.05, 0.1) is 22.3 Å². The average Bonchev–Trinajstić information content (AvgIpc) is 3.48. The van der Waals surface area contributed by atoms with E-state index in [2.05, 4.69) is 32.6 Å². The number of fused-ring (bicyclic) bond motifs is 3. The minimum absolute atomic E-state index is 0.0267. The van der Waals surface area contributed by atoms with Crippen LogP contribution in [0.1, 0.15) is 32.0 Å². The summed E-state index contributed by atoms with van der Waals surface area (Å²) in [6.45, 7) is 2.77. The number of thioether (sulfide) groups is 1. The highest BCUT2D eigenvalue weighted by molar-refractivity contribution is 7.98. The number of rotatable bonds is 8. The molecule has 162 valence electrons. The van der Waals surface area contributed by atoms with Crippen LogP contribution < -0.4 is 5.56 Å². The number of aromatic nitrogens is 8. The van der Waals surface area contributed by atoms with E-state index < -0.39 is 0 Å². The number of hydrogen-bond acceptors (Lipinski definition) is 7. The summed E-state index contributed by atoms with van der Waals surface area (Å²) >= 11 is 1.49. The molecule has 32 heavy (non-hydrogen) atoms. The van der Waals surface area contributed by atoms with E-state index in [1.165, 1.54) is 11.8 Å². The summed E-state index contributed by atoms with van der Waals surface area (Å²) in [4.78, 5) is 13.1. The van der Waals surface area contributed by atoms with Gasteiger partial charge in [-0.05, 0) is 41.1 Å². The smallest absolute Gasteiger partial charge is 0.262 e. The zero-order valence-corrected chi connectivity index (χ0v) is 18.4. The van der Waals surface area contributed by atoms with E-state index in [1.807, 2.05) is 59.0 Å². The number of unbranched alkanes of at least 4 members (excludes halogenated alkanes) is 2. The quantitative estimate of drug-likeness (QED) is 0.266.